The molecule has 0 saturated heterocycles. The van der Waals surface area contributed by atoms with Crippen molar-refractivity contribution >= 4 is 68.3 Å². The Kier molecular flexibility index (Phi) is 9.61. The summed E-state index contributed by atoms with van der Waals surface area (Å²) in [6.45, 7) is 3.83. The van der Waals surface area contributed by atoms with Crippen LogP contribution in [-0.4, -0.2) is 23.1 Å². The Morgan fingerprint density at radius 2 is 0.692 bits per heavy atom. The summed E-state index contributed by atoms with van der Waals surface area (Å²) >= 11 is 4.30. The highest BCUT2D eigenvalue weighted by Crippen LogP contribution is 2.28. The summed E-state index contributed by atoms with van der Waals surface area (Å²) < 4.78 is 1.90. The fourth-order valence-corrected chi connectivity index (χ4v) is 5.09. The van der Waals surface area contributed by atoms with Crippen molar-refractivity contribution in [1.82, 2.24) is 0 Å². The summed E-state index contributed by atoms with van der Waals surface area (Å²) in [5.41, 5.74) is 3.43. The van der Waals surface area contributed by atoms with Crippen LogP contribution in [0.1, 0.15) is 59.0 Å². The van der Waals surface area contributed by atoms with Gasteiger partial charge >= 0.3 is 0 Å². The van der Waals surface area contributed by atoms with E-state index in [4.69, 9.17) is 0 Å². The zero-order chi connectivity index (χ0) is 28.1. The normalized spacial score (nSPS) is 12.4. The molecule has 4 rings (SSSR count). The molecule has 196 valence electrons. The van der Waals surface area contributed by atoms with E-state index in [2.05, 4.69) is 45.2 Å². The second-order valence-electron chi connectivity index (χ2n) is 9.54. The van der Waals surface area contributed by atoms with Crippen molar-refractivity contribution in [1.29, 1.82) is 0 Å². The van der Waals surface area contributed by atoms with E-state index in [0.717, 1.165) is 18.3 Å². The molecule has 0 bridgehead atoms. The summed E-state index contributed by atoms with van der Waals surface area (Å²) in [6.07, 6.45) is -0.227. The monoisotopic (exact) mass is 740 g/mol. The van der Waals surface area contributed by atoms with E-state index in [0.29, 0.717) is 22.3 Å². The lowest BCUT2D eigenvalue weighted by Gasteiger charge is -2.21. The molecule has 4 aromatic carbocycles. The summed E-state index contributed by atoms with van der Waals surface area (Å²) in [4.78, 5) is 55.3. The average Bonchev–Trinajstić information content (AvgIpc) is 2.94. The van der Waals surface area contributed by atoms with E-state index >= 15 is 0 Å². The molecule has 0 aromatic heterocycles. The minimum Gasteiger partial charge on any atom is -0.293 e. The van der Waals surface area contributed by atoms with Crippen LogP contribution in [0.5, 0.6) is 0 Å². The van der Waals surface area contributed by atoms with Crippen molar-refractivity contribution in [3.63, 3.8) is 0 Å². The highest BCUT2D eigenvalue weighted by atomic mass is 127. The standard InChI is InChI=1S/C33H26I2O4/c1-20-3-7-22(8-4-20)30(36)28(32(38)24-11-15-26(34)16-12-24)19-29(31(37)23-9-5-21(2)6-10-23)33(39)25-13-17-27(35)18-14-25/h3-18,28-29H,19H2,1-2H3. The molecule has 0 fully saturated rings. The largest absolute Gasteiger partial charge is 0.293 e. The summed E-state index contributed by atoms with van der Waals surface area (Å²) in [5, 5.41) is 0. The molecular formula is C33H26I2O4. The molecule has 0 aliphatic heterocycles. The number of hydrogen-bond acceptors (Lipinski definition) is 4. The summed E-state index contributed by atoms with van der Waals surface area (Å²) in [5.74, 6) is -4.05. The second-order valence-corrected chi connectivity index (χ2v) is 12.0. The number of aryl methyl sites for hydroxylation is 2. The fourth-order valence-electron chi connectivity index (χ4n) is 4.37. The van der Waals surface area contributed by atoms with E-state index in [9.17, 15) is 19.2 Å². The molecule has 0 N–H and O–H groups in total. The number of Topliss-reactive ketones (excluding diaryl/α,β-unsaturated/α-hetero) is 4. The van der Waals surface area contributed by atoms with Gasteiger partial charge in [-0.25, -0.2) is 0 Å². The van der Waals surface area contributed by atoms with Crippen molar-refractivity contribution in [2.24, 2.45) is 11.8 Å². The van der Waals surface area contributed by atoms with Gasteiger partial charge in [0.2, 0.25) is 0 Å². The third-order valence-electron chi connectivity index (χ3n) is 6.67. The van der Waals surface area contributed by atoms with Gasteiger partial charge in [-0.05, 0) is 89.7 Å². The third-order valence-corrected chi connectivity index (χ3v) is 8.11. The molecule has 0 amide bonds. The first-order valence-corrected chi connectivity index (χ1v) is 14.6. The third kappa shape index (κ3) is 7.16. The SMILES string of the molecule is Cc1ccc(C(=O)C(CC(C(=O)c2ccc(C)cc2)C(=O)c2ccc(I)cc2)C(=O)c2ccc(I)cc2)cc1. The Morgan fingerprint density at radius 3 is 0.949 bits per heavy atom. The number of carbonyl (C=O) groups is 4. The smallest absolute Gasteiger partial charge is 0.173 e. The van der Waals surface area contributed by atoms with E-state index in [1.54, 1.807) is 72.8 Å². The molecular weight excluding hydrogens is 714 g/mol. The molecule has 0 radical (unpaired) electrons. The molecule has 0 heterocycles. The second kappa shape index (κ2) is 12.9. The maximum Gasteiger partial charge on any atom is 0.173 e. The van der Waals surface area contributed by atoms with Gasteiger partial charge in [0.1, 0.15) is 0 Å². The lowest BCUT2D eigenvalue weighted by molar-refractivity contribution is 0.0728. The first-order chi connectivity index (χ1) is 18.6. The van der Waals surface area contributed by atoms with E-state index < -0.39 is 35.0 Å². The summed E-state index contributed by atoms with van der Waals surface area (Å²) in [6, 6.07) is 27.9. The van der Waals surface area contributed by atoms with Gasteiger partial charge < -0.3 is 0 Å². The van der Waals surface area contributed by atoms with Gasteiger partial charge in [0.25, 0.3) is 0 Å². The predicted octanol–water partition coefficient (Wildman–Crippen LogP) is 7.97. The molecule has 0 aliphatic rings. The first-order valence-electron chi connectivity index (χ1n) is 12.5. The molecule has 39 heavy (non-hydrogen) atoms. The van der Waals surface area contributed by atoms with Crippen LogP contribution in [0.3, 0.4) is 0 Å². The minimum absolute atomic E-state index is 0.227. The van der Waals surface area contributed by atoms with Gasteiger partial charge in [-0.2, -0.15) is 0 Å². The van der Waals surface area contributed by atoms with Crippen molar-refractivity contribution < 1.29 is 19.2 Å². The van der Waals surface area contributed by atoms with Crippen molar-refractivity contribution in [2.75, 3.05) is 0 Å². The van der Waals surface area contributed by atoms with E-state index in [1.807, 2.05) is 38.1 Å². The Bertz CT molecular complexity index is 1270. The van der Waals surface area contributed by atoms with E-state index in [-0.39, 0.29) is 6.42 Å². The summed E-state index contributed by atoms with van der Waals surface area (Å²) in [7, 11) is 0. The van der Waals surface area contributed by atoms with Crippen molar-refractivity contribution in [3.05, 3.63) is 138 Å². The maximum absolute atomic E-state index is 13.8. The minimum atomic E-state index is -1.21. The van der Waals surface area contributed by atoms with Crippen LogP contribution in [0.2, 0.25) is 0 Å². The average molecular weight is 740 g/mol. The zero-order valence-electron chi connectivity index (χ0n) is 21.5. The van der Waals surface area contributed by atoms with Crippen LogP contribution >= 0.6 is 45.2 Å². The Balaban J connectivity index is 1.79. The molecule has 6 heteroatoms. The van der Waals surface area contributed by atoms with Gasteiger partial charge in [0.05, 0.1) is 11.8 Å². The lowest BCUT2D eigenvalue weighted by atomic mass is 9.78. The molecule has 2 atom stereocenters. The molecule has 4 nitrogen and oxygen atoms in total. The van der Waals surface area contributed by atoms with Crippen LogP contribution in [0.15, 0.2) is 97.1 Å². The van der Waals surface area contributed by atoms with Crippen LogP contribution in [0, 0.1) is 32.8 Å². The van der Waals surface area contributed by atoms with E-state index in [1.165, 1.54) is 0 Å². The predicted molar refractivity (Wildman–Crippen MR) is 170 cm³/mol. The number of halogens is 2. The zero-order valence-corrected chi connectivity index (χ0v) is 25.8. The van der Waals surface area contributed by atoms with Gasteiger partial charge in [-0.1, -0.05) is 83.9 Å². The number of ketones is 4. The molecule has 4 aromatic rings. The Hall–Kier alpha value is -2.98. The van der Waals surface area contributed by atoms with Crippen molar-refractivity contribution in [3.8, 4) is 0 Å². The van der Waals surface area contributed by atoms with Crippen LogP contribution in [0.25, 0.3) is 0 Å². The molecule has 0 saturated carbocycles. The van der Waals surface area contributed by atoms with Gasteiger partial charge in [-0.3, -0.25) is 19.2 Å². The van der Waals surface area contributed by atoms with Gasteiger partial charge in [-0.15, -0.1) is 0 Å². The van der Waals surface area contributed by atoms with Gasteiger partial charge in [0, 0.05) is 29.4 Å². The van der Waals surface area contributed by atoms with Crippen molar-refractivity contribution in [2.45, 2.75) is 20.3 Å². The van der Waals surface area contributed by atoms with Crippen LogP contribution in [0.4, 0.5) is 0 Å². The Morgan fingerprint density at radius 1 is 0.462 bits per heavy atom. The quantitative estimate of drug-likeness (QED) is 0.0941. The van der Waals surface area contributed by atoms with Crippen LogP contribution < -0.4 is 0 Å². The first kappa shape index (κ1) is 29.0. The number of hydrogen-bond donors (Lipinski definition) is 0. The topological polar surface area (TPSA) is 68.3 Å². The lowest BCUT2D eigenvalue weighted by Crippen LogP contribution is -2.33. The molecule has 0 spiro atoms. The van der Waals surface area contributed by atoms with Crippen LogP contribution in [-0.2, 0) is 0 Å². The fraction of sp³-hybridized carbons (Fsp3) is 0.152. The highest BCUT2D eigenvalue weighted by molar-refractivity contribution is 14.1. The van der Waals surface area contributed by atoms with Gasteiger partial charge in [0.15, 0.2) is 23.1 Å². The highest BCUT2D eigenvalue weighted by Gasteiger charge is 2.37. The number of rotatable bonds is 10. The Labute approximate surface area is 255 Å². The molecule has 2 unspecified atom stereocenters. The molecule has 0 aliphatic carbocycles. The number of benzene rings is 4. The maximum atomic E-state index is 13.8. The number of carbonyl (C=O) groups excluding carboxylic acids is 4.